The van der Waals surface area contributed by atoms with Crippen LogP contribution in [0.2, 0.25) is 0 Å². The van der Waals surface area contributed by atoms with Gasteiger partial charge in [-0.05, 0) is 55.1 Å². The summed E-state index contributed by atoms with van der Waals surface area (Å²) in [6.45, 7) is 4.28. The molecule has 2 aliphatic rings. The van der Waals surface area contributed by atoms with Crippen molar-refractivity contribution in [1.29, 1.82) is 0 Å². The van der Waals surface area contributed by atoms with Crippen molar-refractivity contribution in [1.82, 2.24) is 4.90 Å². The molecule has 1 N–H and O–H groups in total. The number of likely N-dealkylation sites (tertiary alicyclic amines) is 1. The maximum Gasteiger partial charge on any atom is 0.126 e. The van der Waals surface area contributed by atoms with Gasteiger partial charge in [-0.1, -0.05) is 60.7 Å². The van der Waals surface area contributed by atoms with Gasteiger partial charge in [0, 0.05) is 30.0 Å². The fraction of sp³-hybridized carbons (Fsp3) is 0.333. The lowest BCUT2D eigenvalue weighted by Gasteiger charge is -2.34. The smallest absolute Gasteiger partial charge is 0.126 e. The molecular weight excluding hydrogens is 370 g/mol. The zero-order chi connectivity index (χ0) is 20.3. The molecule has 0 spiro atoms. The second-order valence-corrected chi connectivity index (χ2v) is 8.57. The van der Waals surface area contributed by atoms with E-state index in [1.807, 2.05) is 6.07 Å². The molecule has 154 valence electrons. The van der Waals surface area contributed by atoms with Crippen LogP contribution in [0.5, 0.6) is 11.5 Å². The molecule has 5 rings (SSSR count). The number of nitrogens with zero attached hydrogens (tertiary/aromatic N) is 1. The van der Waals surface area contributed by atoms with Gasteiger partial charge in [0.05, 0.1) is 6.61 Å². The van der Waals surface area contributed by atoms with Gasteiger partial charge < -0.3 is 14.7 Å². The fourth-order valence-corrected chi connectivity index (χ4v) is 4.98. The summed E-state index contributed by atoms with van der Waals surface area (Å²) < 4.78 is 6.08. The van der Waals surface area contributed by atoms with Gasteiger partial charge in [-0.2, -0.15) is 0 Å². The Balaban J connectivity index is 1.44. The van der Waals surface area contributed by atoms with Crippen molar-refractivity contribution in [3.05, 3.63) is 95.1 Å². The van der Waals surface area contributed by atoms with Crippen molar-refractivity contribution in [3.63, 3.8) is 0 Å². The van der Waals surface area contributed by atoms with E-state index in [2.05, 4.69) is 59.5 Å². The molecule has 2 atom stereocenters. The summed E-state index contributed by atoms with van der Waals surface area (Å²) in [5, 5.41) is 9.93. The Morgan fingerprint density at radius 3 is 2.40 bits per heavy atom. The quantitative estimate of drug-likeness (QED) is 0.629. The van der Waals surface area contributed by atoms with Crippen molar-refractivity contribution in [2.45, 2.75) is 31.1 Å². The van der Waals surface area contributed by atoms with Crippen LogP contribution in [-0.4, -0.2) is 36.2 Å². The summed E-state index contributed by atoms with van der Waals surface area (Å²) >= 11 is 0. The summed E-state index contributed by atoms with van der Waals surface area (Å²) in [6.07, 6.45) is 3.80. The predicted octanol–water partition coefficient (Wildman–Crippen LogP) is 5.34. The minimum Gasteiger partial charge on any atom is -0.508 e. The Morgan fingerprint density at radius 1 is 0.867 bits per heavy atom. The Hall–Kier alpha value is -2.78. The van der Waals surface area contributed by atoms with Crippen LogP contribution < -0.4 is 4.74 Å². The zero-order valence-corrected chi connectivity index (χ0v) is 17.3. The number of phenolic OH excluding ortho intramolecular Hbond substituents is 1. The van der Waals surface area contributed by atoms with E-state index in [1.165, 1.54) is 42.6 Å². The van der Waals surface area contributed by atoms with Crippen LogP contribution in [0, 0.1) is 0 Å². The fourth-order valence-electron chi connectivity index (χ4n) is 4.98. The van der Waals surface area contributed by atoms with Crippen LogP contribution in [-0.2, 0) is 6.42 Å². The second kappa shape index (κ2) is 8.53. The molecule has 3 nitrogen and oxygen atoms in total. The molecule has 0 aromatic heterocycles. The van der Waals surface area contributed by atoms with Crippen molar-refractivity contribution < 1.29 is 9.84 Å². The van der Waals surface area contributed by atoms with Crippen molar-refractivity contribution in [3.8, 4) is 11.5 Å². The molecule has 2 aliphatic heterocycles. The van der Waals surface area contributed by atoms with E-state index in [4.69, 9.17) is 4.74 Å². The van der Waals surface area contributed by atoms with Crippen LogP contribution in [0.1, 0.15) is 46.9 Å². The average Bonchev–Trinajstić information content (AvgIpc) is 3.31. The Bertz CT molecular complexity index is 978. The largest absolute Gasteiger partial charge is 0.508 e. The molecule has 3 aromatic rings. The van der Waals surface area contributed by atoms with Crippen molar-refractivity contribution >= 4 is 0 Å². The SMILES string of the molecule is Oc1ccc2c(c1)OC[C@@H](c1ccccc1)[C@H]2c1ccc(CCN2CCCC2)cc1. The first-order chi connectivity index (χ1) is 14.8. The van der Waals surface area contributed by atoms with Gasteiger partial charge in [-0.15, -0.1) is 0 Å². The topological polar surface area (TPSA) is 32.7 Å². The number of ether oxygens (including phenoxy) is 1. The summed E-state index contributed by atoms with van der Waals surface area (Å²) in [7, 11) is 0. The number of aromatic hydroxyl groups is 1. The Labute approximate surface area is 178 Å². The standard InChI is InChI=1S/C27H29NO2/c29-23-12-13-24-26(18-23)30-19-25(21-6-2-1-3-7-21)27(24)22-10-8-20(9-11-22)14-17-28-15-4-5-16-28/h1-3,6-13,18,25,27,29H,4-5,14-17,19H2/t25-,27-/m0/s1. The second-order valence-electron chi connectivity index (χ2n) is 8.57. The van der Waals surface area contributed by atoms with Gasteiger partial charge >= 0.3 is 0 Å². The molecule has 30 heavy (non-hydrogen) atoms. The monoisotopic (exact) mass is 399 g/mol. The molecule has 0 saturated carbocycles. The third kappa shape index (κ3) is 3.95. The molecule has 0 radical (unpaired) electrons. The zero-order valence-electron chi connectivity index (χ0n) is 17.3. The van der Waals surface area contributed by atoms with E-state index in [1.54, 1.807) is 12.1 Å². The van der Waals surface area contributed by atoms with Crippen LogP contribution in [0.3, 0.4) is 0 Å². The molecule has 0 bridgehead atoms. The first kappa shape index (κ1) is 19.2. The Kier molecular flexibility index (Phi) is 5.46. The van der Waals surface area contributed by atoms with E-state index in [0.717, 1.165) is 24.3 Å². The minimum absolute atomic E-state index is 0.212. The van der Waals surface area contributed by atoms with E-state index >= 15 is 0 Å². The van der Waals surface area contributed by atoms with Crippen molar-refractivity contribution in [2.75, 3.05) is 26.2 Å². The third-order valence-corrected chi connectivity index (χ3v) is 6.63. The molecule has 1 saturated heterocycles. The lowest BCUT2D eigenvalue weighted by atomic mass is 9.75. The number of fused-ring (bicyclic) bond motifs is 1. The highest BCUT2D eigenvalue weighted by Gasteiger charge is 2.33. The van der Waals surface area contributed by atoms with Crippen LogP contribution >= 0.6 is 0 Å². The summed E-state index contributed by atoms with van der Waals surface area (Å²) in [5.74, 6) is 1.51. The van der Waals surface area contributed by atoms with E-state index in [-0.39, 0.29) is 17.6 Å². The molecular formula is C27H29NO2. The number of hydrogen-bond donors (Lipinski definition) is 1. The first-order valence-corrected chi connectivity index (χ1v) is 11.1. The van der Waals surface area contributed by atoms with Crippen molar-refractivity contribution in [2.24, 2.45) is 0 Å². The van der Waals surface area contributed by atoms with E-state index < -0.39 is 0 Å². The molecule has 0 amide bonds. The van der Waals surface area contributed by atoms with Gasteiger partial charge in [0.1, 0.15) is 11.5 Å². The van der Waals surface area contributed by atoms with Crippen LogP contribution in [0.25, 0.3) is 0 Å². The van der Waals surface area contributed by atoms with Gasteiger partial charge in [-0.3, -0.25) is 0 Å². The highest BCUT2D eigenvalue weighted by Crippen LogP contribution is 2.46. The normalized spacial score (nSPS) is 21.2. The molecule has 1 fully saturated rings. The van der Waals surface area contributed by atoms with Gasteiger partial charge in [0.25, 0.3) is 0 Å². The lowest BCUT2D eigenvalue weighted by Crippen LogP contribution is -2.25. The molecule has 3 aromatic carbocycles. The van der Waals surface area contributed by atoms with Crippen LogP contribution in [0.15, 0.2) is 72.8 Å². The van der Waals surface area contributed by atoms with Gasteiger partial charge in [-0.25, -0.2) is 0 Å². The highest BCUT2D eigenvalue weighted by atomic mass is 16.5. The first-order valence-electron chi connectivity index (χ1n) is 11.1. The summed E-state index contributed by atoms with van der Waals surface area (Å²) in [6, 6.07) is 25.3. The molecule has 0 aliphatic carbocycles. The molecule has 0 unspecified atom stereocenters. The number of rotatable bonds is 5. The number of benzene rings is 3. The maximum atomic E-state index is 9.93. The number of hydrogen-bond acceptors (Lipinski definition) is 3. The minimum atomic E-state index is 0.212. The highest BCUT2D eigenvalue weighted by molar-refractivity contribution is 5.50. The van der Waals surface area contributed by atoms with Gasteiger partial charge in [0.2, 0.25) is 0 Å². The molecule has 2 heterocycles. The lowest BCUT2D eigenvalue weighted by molar-refractivity contribution is 0.248. The Morgan fingerprint density at radius 2 is 1.63 bits per heavy atom. The summed E-state index contributed by atoms with van der Waals surface area (Å²) in [4.78, 5) is 2.57. The third-order valence-electron chi connectivity index (χ3n) is 6.63. The average molecular weight is 400 g/mol. The number of phenols is 1. The van der Waals surface area contributed by atoms with E-state index in [9.17, 15) is 5.11 Å². The predicted molar refractivity (Wildman–Crippen MR) is 120 cm³/mol. The molecule has 3 heteroatoms. The van der Waals surface area contributed by atoms with E-state index in [0.29, 0.717) is 6.61 Å². The summed E-state index contributed by atoms with van der Waals surface area (Å²) in [5.41, 5.74) is 5.15. The van der Waals surface area contributed by atoms with Crippen LogP contribution in [0.4, 0.5) is 0 Å². The maximum absolute atomic E-state index is 9.93. The van der Waals surface area contributed by atoms with Gasteiger partial charge in [0.15, 0.2) is 0 Å².